The first kappa shape index (κ1) is 64.7. The van der Waals surface area contributed by atoms with Crippen LogP contribution in [0, 0.1) is 46.8 Å². The molecular weight excluding hydrogens is 1170 g/mol. The maximum Gasteiger partial charge on any atom is 0.0581 e. The van der Waals surface area contributed by atoms with E-state index in [-0.39, 0.29) is 10.8 Å². The zero-order valence-electron chi connectivity index (χ0n) is 58.7. The van der Waals surface area contributed by atoms with Crippen LogP contribution in [-0.4, -0.2) is 17.3 Å². The Morgan fingerprint density at radius 3 is 2.14 bits per heavy atom. The van der Waals surface area contributed by atoms with E-state index in [2.05, 4.69) is 289 Å². The predicted molar refractivity (Wildman–Crippen MR) is 415 cm³/mol. The quantitative estimate of drug-likeness (QED) is 0.0804. The van der Waals surface area contributed by atoms with Crippen molar-refractivity contribution >= 4 is 63.4 Å². The number of ether oxygens (including phenoxy) is 1. The molecule has 15 rings (SSSR count). The average molecular weight is 1280 g/mol. The van der Waals surface area contributed by atoms with E-state index in [9.17, 15) is 0 Å². The number of hydrogen-bond donors (Lipinski definition) is 0. The predicted octanol–water partition coefficient (Wildman–Crippen LogP) is 23.4. The van der Waals surface area contributed by atoms with Crippen molar-refractivity contribution in [2.24, 2.45) is 46.8 Å². The van der Waals surface area contributed by atoms with Crippen LogP contribution in [0.1, 0.15) is 194 Å². The minimum Gasteiger partial charge on any atom is -0.378 e. The smallest absolute Gasteiger partial charge is 0.0581 e. The molecule has 12 unspecified atom stereocenters. The minimum atomic E-state index is -0.0859. The zero-order valence-corrected chi connectivity index (χ0v) is 58.7. The molecule has 3 nitrogen and oxygen atoms in total. The summed E-state index contributed by atoms with van der Waals surface area (Å²) in [6.45, 7) is 23.2. The first-order valence-corrected chi connectivity index (χ1v) is 37.3. The van der Waals surface area contributed by atoms with E-state index in [0.717, 1.165) is 64.4 Å². The van der Waals surface area contributed by atoms with Gasteiger partial charge in [-0.05, 0) is 234 Å². The van der Waals surface area contributed by atoms with Crippen LogP contribution < -0.4 is 15.5 Å². The van der Waals surface area contributed by atoms with Crippen molar-refractivity contribution in [1.29, 1.82) is 0 Å². The van der Waals surface area contributed by atoms with Crippen molar-refractivity contribution in [2.75, 3.05) is 11.5 Å². The molecule has 1 saturated carbocycles. The Kier molecular flexibility index (Phi) is 18.4. The Labute approximate surface area is 580 Å². The van der Waals surface area contributed by atoms with E-state index in [1.165, 1.54) is 132 Å². The topological polar surface area (TPSA) is 17.4 Å². The number of anilines is 2. The molecule has 0 bridgehead atoms. The van der Waals surface area contributed by atoms with Gasteiger partial charge in [-0.3, -0.25) is 0 Å². The molecule has 0 spiro atoms. The van der Waals surface area contributed by atoms with Crippen LogP contribution in [0.3, 0.4) is 0 Å². The summed E-state index contributed by atoms with van der Waals surface area (Å²) in [7, 11) is 0. The van der Waals surface area contributed by atoms with E-state index >= 15 is 0 Å². The molecule has 0 radical (unpaired) electrons. The van der Waals surface area contributed by atoms with E-state index < -0.39 is 0 Å². The number of aromatic nitrogens is 1. The number of fused-ring (bicyclic) bond motifs is 7. The van der Waals surface area contributed by atoms with Crippen LogP contribution in [-0.2, 0) is 10.2 Å². The largest absolute Gasteiger partial charge is 0.378 e. The highest BCUT2D eigenvalue weighted by Gasteiger charge is 2.54. The van der Waals surface area contributed by atoms with Gasteiger partial charge in [0.1, 0.15) is 0 Å². The number of benzene rings is 5. The highest BCUT2D eigenvalue weighted by molar-refractivity contribution is 5.90. The van der Waals surface area contributed by atoms with Crippen molar-refractivity contribution in [2.45, 2.75) is 161 Å². The van der Waals surface area contributed by atoms with Crippen molar-refractivity contribution in [3.63, 3.8) is 0 Å². The third-order valence-electron chi connectivity index (χ3n) is 24.1. The fraction of sp³-hybridized carbons (Fsp3) is 0.362. The van der Waals surface area contributed by atoms with Crippen LogP contribution in [0.5, 0.6) is 0 Å². The SMILES string of the molecule is C=Cc1ccc(C2=CC3CCC(OCC(C)CCC(C)CC4(C5C=CC=CC5)c5cc(N(C6=CC=C(c7ccc8c(c7)c7c(n8C8=CC(C)CCC8)=CCC(c8ccc(C=C)cc8)C=7)CC6)c6ccc(C7C=CC(C(C)(C)C)=CC7)cc6)ccc5C5C=CC=CC54)CC3C=C2)cc1. The van der Waals surface area contributed by atoms with Gasteiger partial charge in [-0.1, -0.05) is 255 Å². The molecule has 6 aromatic rings. The van der Waals surface area contributed by atoms with Crippen LogP contribution in [0.4, 0.5) is 11.4 Å². The van der Waals surface area contributed by atoms with Gasteiger partial charge in [-0.15, -0.1) is 0 Å². The molecule has 1 fully saturated rings. The monoisotopic (exact) mass is 1270 g/mol. The fourth-order valence-corrected chi connectivity index (χ4v) is 18.6. The summed E-state index contributed by atoms with van der Waals surface area (Å²) in [5, 5.41) is 4.12. The number of rotatable bonds is 19. The summed E-state index contributed by atoms with van der Waals surface area (Å²) < 4.78 is 9.51. The Morgan fingerprint density at radius 1 is 0.660 bits per heavy atom. The van der Waals surface area contributed by atoms with E-state index in [4.69, 9.17) is 4.74 Å². The van der Waals surface area contributed by atoms with Crippen LogP contribution in [0.15, 0.2) is 237 Å². The average Bonchev–Trinajstić information content (AvgIpc) is 1.56. The van der Waals surface area contributed by atoms with Gasteiger partial charge in [-0.25, -0.2) is 0 Å². The van der Waals surface area contributed by atoms with Crippen molar-refractivity contribution in [3.8, 4) is 0 Å². The standard InChI is InChI=1S/C94H102N2O/c1-9-66-25-29-70(30-26-66)73-33-34-75-57-84(51-41-74(75)56-73)97-62-65(5)24-23-64(4)61-94(79-18-12-11-13-19-79)89-22-15-14-21-85(89)86-52-50-83(60-90(86)94)95(80-46-37-69(38-47-80)68-35-44-78(45-36-68)93(6,7)8)81-48-39-72(40-49-81)77-43-54-92-88(59-77)87-58-76(71-31-27-67(10-2)28-32-71)42-53-91(87)96(92)82-20-16-17-63(3)55-82/h9-15,18,21-22,25-35,37-39,43-48,50,52-56,58-60,63-65,68,74-76,79,84-85,89H,1-2,16-17,19-20,23-24,36,40-42,49,51,57,61-62H2,3-8H3. The lowest BCUT2D eigenvalue weighted by molar-refractivity contribution is -0.00677. The lowest BCUT2D eigenvalue weighted by atomic mass is 9.58. The van der Waals surface area contributed by atoms with E-state index in [1.807, 2.05) is 12.2 Å². The van der Waals surface area contributed by atoms with Gasteiger partial charge < -0.3 is 14.2 Å². The molecule has 1 heterocycles. The Bertz CT molecular complexity index is 4470. The van der Waals surface area contributed by atoms with Gasteiger partial charge >= 0.3 is 0 Å². The maximum absolute atomic E-state index is 6.89. The molecule has 0 aliphatic heterocycles. The van der Waals surface area contributed by atoms with Crippen molar-refractivity contribution in [1.82, 2.24) is 4.57 Å². The number of hydrogen-bond acceptors (Lipinski definition) is 2. The Balaban J connectivity index is 0.734. The number of nitrogens with zero attached hydrogens (tertiary/aromatic N) is 2. The summed E-state index contributed by atoms with van der Waals surface area (Å²) >= 11 is 0. The second-order valence-electron chi connectivity index (χ2n) is 31.5. The lowest BCUT2D eigenvalue weighted by Crippen LogP contribution is -2.41. The Morgan fingerprint density at radius 2 is 1.40 bits per heavy atom. The van der Waals surface area contributed by atoms with E-state index in [0.29, 0.717) is 65.3 Å². The van der Waals surface area contributed by atoms with Crippen LogP contribution in [0.25, 0.3) is 52.1 Å². The van der Waals surface area contributed by atoms with Gasteiger partial charge in [-0.2, -0.15) is 0 Å². The molecule has 0 amide bonds. The molecule has 12 atom stereocenters. The second kappa shape index (κ2) is 27.6. The van der Waals surface area contributed by atoms with Gasteiger partial charge in [0.05, 0.1) is 11.6 Å². The summed E-state index contributed by atoms with van der Waals surface area (Å²) in [6.07, 6.45) is 66.5. The number of allylic oxidation sites excluding steroid dienone is 22. The summed E-state index contributed by atoms with van der Waals surface area (Å²) in [4.78, 5) is 2.64. The summed E-state index contributed by atoms with van der Waals surface area (Å²) in [5.74, 6) is 4.52. The third kappa shape index (κ3) is 13.0. The van der Waals surface area contributed by atoms with Gasteiger partial charge in [0, 0.05) is 68.5 Å². The first-order valence-electron chi connectivity index (χ1n) is 37.3. The minimum absolute atomic E-state index is 0.0859. The van der Waals surface area contributed by atoms with Crippen molar-refractivity contribution < 1.29 is 4.74 Å². The fourth-order valence-electron chi connectivity index (χ4n) is 18.6. The molecule has 494 valence electrons. The molecular formula is C94H102N2O. The molecule has 0 saturated heterocycles. The lowest BCUT2D eigenvalue weighted by Gasteiger charge is -2.45. The molecule has 0 N–H and O–H groups in total. The van der Waals surface area contributed by atoms with Gasteiger partial charge in [0.25, 0.3) is 0 Å². The van der Waals surface area contributed by atoms with Crippen molar-refractivity contribution in [3.05, 3.63) is 292 Å². The molecule has 3 heteroatoms. The van der Waals surface area contributed by atoms with Crippen LogP contribution in [0.2, 0.25) is 0 Å². The normalized spacial score (nSPS) is 26.8. The molecule has 9 aliphatic rings. The summed E-state index contributed by atoms with van der Waals surface area (Å²) in [5.41, 5.74) is 21.6. The second-order valence-corrected chi connectivity index (χ2v) is 31.5. The third-order valence-corrected chi connectivity index (χ3v) is 24.1. The highest BCUT2D eigenvalue weighted by atomic mass is 16.5. The molecule has 5 aromatic carbocycles. The maximum atomic E-state index is 6.89. The summed E-state index contributed by atoms with van der Waals surface area (Å²) in [6, 6.07) is 42.7. The molecule has 97 heavy (non-hydrogen) atoms. The molecule has 9 aliphatic carbocycles. The molecule has 1 aromatic heterocycles. The van der Waals surface area contributed by atoms with Gasteiger partial charge in [0.2, 0.25) is 0 Å². The first-order chi connectivity index (χ1) is 47.3. The highest BCUT2D eigenvalue weighted by Crippen LogP contribution is 2.62. The van der Waals surface area contributed by atoms with Crippen LogP contribution >= 0.6 is 0 Å². The van der Waals surface area contributed by atoms with E-state index in [1.54, 1.807) is 5.56 Å². The Hall–Kier alpha value is -8.24. The van der Waals surface area contributed by atoms with Gasteiger partial charge in [0.15, 0.2) is 0 Å². The zero-order chi connectivity index (χ0) is 66.4.